The fraction of sp³-hybridized carbons (Fsp3) is 0.667. The van der Waals surface area contributed by atoms with Crippen molar-refractivity contribution in [1.82, 2.24) is 14.7 Å². The molecule has 1 amide bonds. The van der Waals surface area contributed by atoms with Crippen molar-refractivity contribution in [2.24, 2.45) is 5.92 Å². The van der Waals surface area contributed by atoms with Crippen LogP contribution in [0.1, 0.15) is 44.1 Å². The second-order valence-electron chi connectivity index (χ2n) is 9.10. The first-order valence-corrected chi connectivity index (χ1v) is 11.7. The van der Waals surface area contributed by atoms with Crippen LogP contribution in [-0.2, 0) is 9.59 Å². The summed E-state index contributed by atoms with van der Waals surface area (Å²) >= 11 is 0. The van der Waals surface area contributed by atoms with Gasteiger partial charge in [0, 0.05) is 32.1 Å². The SMILES string of the molecule is CCCCN(CCCCN(C)C)C(=O)CN1CC(C(=O)O)C(c2ccc3c(c2)OCO3)C1. The number of amides is 1. The van der Waals surface area contributed by atoms with Gasteiger partial charge in [-0.15, -0.1) is 0 Å². The lowest BCUT2D eigenvalue weighted by molar-refractivity contribution is -0.142. The van der Waals surface area contributed by atoms with Gasteiger partial charge in [-0.2, -0.15) is 0 Å². The Hall–Kier alpha value is -2.32. The van der Waals surface area contributed by atoms with Gasteiger partial charge in [0.05, 0.1) is 12.5 Å². The van der Waals surface area contributed by atoms with E-state index >= 15 is 0 Å². The smallest absolute Gasteiger partial charge is 0.308 e. The molecule has 8 heteroatoms. The molecule has 0 spiro atoms. The highest BCUT2D eigenvalue weighted by molar-refractivity contribution is 5.79. The minimum atomic E-state index is -0.825. The topological polar surface area (TPSA) is 82.6 Å². The van der Waals surface area contributed by atoms with Gasteiger partial charge < -0.3 is 24.4 Å². The van der Waals surface area contributed by atoms with E-state index < -0.39 is 11.9 Å². The van der Waals surface area contributed by atoms with Crippen molar-refractivity contribution < 1.29 is 24.2 Å². The summed E-state index contributed by atoms with van der Waals surface area (Å²) in [6, 6.07) is 5.63. The van der Waals surface area contributed by atoms with Crippen LogP contribution in [0.15, 0.2) is 18.2 Å². The summed E-state index contributed by atoms with van der Waals surface area (Å²) in [5.74, 6) is -0.115. The number of rotatable bonds is 12. The number of carbonyl (C=O) groups excluding carboxylic acids is 1. The minimum absolute atomic E-state index is 0.0961. The van der Waals surface area contributed by atoms with Crippen LogP contribution in [0, 0.1) is 5.92 Å². The third-order valence-corrected chi connectivity index (χ3v) is 6.31. The zero-order chi connectivity index (χ0) is 23.1. The number of likely N-dealkylation sites (tertiary alicyclic amines) is 1. The number of ether oxygens (including phenoxy) is 2. The fourth-order valence-electron chi connectivity index (χ4n) is 4.48. The molecule has 0 saturated carbocycles. The lowest BCUT2D eigenvalue weighted by atomic mass is 9.89. The average Bonchev–Trinajstić information content (AvgIpc) is 3.39. The fourth-order valence-corrected chi connectivity index (χ4v) is 4.48. The molecule has 1 fully saturated rings. The van der Waals surface area contributed by atoms with E-state index in [-0.39, 0.29) is 25.2 Å². The Morgan fingerprint density at radius 2 is 1.78 bits per heavy atom. The van der Waals surface area contributed by atoms with E-state index in [2.05, 4.69) is 25.9 Å². The predicted octanol–water partition coefficient (Wildman–Crippen LogP) is 2.49. The Bertz CT molecular complexity index is 785. The first kappa shape index (κ1) is 24.3. The van der Waals surface area contributed by atoms with Gasteiger partial charge in [-0.05, 0) is 57.6 Å². The van der Waals surface area contributed by atoms with Crippen molar-refractivity contribution in [3.05, 3.63) is 23.8 Å². The number of fused-ring (bicyclic) bond motifs is 1. The van der Waals surface area contributed by atoms with Gasteiger partial charge in [0.15, 0.2) is 11.5 Å². The number of unbranched alkanes of at least 4 members (excludes halogenated alkanes) is 2. The number of carboxylic acids is 1. The van der Waals surface area contributed by atoms with Crippen LogP contribution in [0.25, 0.3) is 0 Å². The quantitative estimate of drug-likeness (QED) is 0.493. The number of aliphatic carboxylic acids is 1. The van der Waals surface area contributed by atoms with Crippen molar-refractivity contribution in [3.63, 3.8) is 0 Å². The third-order valence-electron chi connectivity index (χ3n) is 6.31. The molecule has 2 aliphatic rings. The first-order valence-electron chi connectivity index (χ1n) is 11.7. The van der Waals surface area contributed by atoms with Gasteiger partial charge in [-0.25, -0.2) is 0 Å². The summed E-state index contributed by atoms with van der Waals surface area (Å²) < 4.78 is 10.8. The van der Waals surface area contributed by atoms with Gasteiger partial charge in [-0.3, -0.25) is 14.5 Å². The summed E-state index contributed by atoms with van der Waals surface area (Å²) in [6.07, 6.45) is 4.06. The Kier molecular flexibility index (Phi) is 8.75. The zero-order valence-electron chi connectivity index (χ0n) is 19.6. The molecule has 1 saturated heterocycles. The van der Waals surface area contributed by atoms with E-state index in [4.69, 9.17) is 9.47 Å². The number of hydrogen-bond donors (Lipinski definition) is 1. The molecule has 178 valence electrons. The molecular formula is C24H37N3O5. The van der Waals surface area contributed by atoms with E-state index in [1.54, 1.807) is 0 Å². The highest BCUT2D eigenvalue weighted by atomic mass is 16.7. The average molecular weight is 448 g/mol. The summed E-state index contributed by atoms with van der Waals surface area (Å²) in [6.45, 7) is 6.04. The Labute approximate surface area is 191 Å². The molecule has 1 aromatic carbocycles. The lowest BCUT2D eigenvalue weighted by Crippen LogP contribution is -2.41. The summed E-state index contributed by atoms with van der Waals surface area (Å²) in [4.78, 5) is 31.2. The third kappa shape index (κ3) is 6.36. The number of carboxylic acid groups (broad SMARTS) is 1. The zero-order valence-corrected chi connectivity index (χ0v) is 19.6. The number of carbonyl (C=O) groups is 2. The molecule has 0 bridgehead atoms. The molecule has 2 heterocycles. The second-order valence-corrected chi connectivity index (χ2v) is 9.10. The van der Waals surface area contributed by atoms with Gasteiger partial charge in [0.25, 0.3) is 0 Å². The predicted molar refractivity (Wildman–Crippen MR) is 122 cm³/mol. The standard InChI is InChI=1S/C24H37N3O5/c1-4-5-11-27(12-7-6-10-25(2)3)23(28)16-26-14-19(20(15-26)24(29)30)18-8-9-21-22(13-18)32-17-31-21/h8-9,13,19-20H,4-7,10-12,14-17H2,1-3H3,(H,29,30). The summed E-state index contributed by atoms with van der Waals surface area (Å²) in [5.41, 5.74) is 0.920. The monoisotopic (exact) mass is 447 g/mol. The van der Waals surface area contributed by atoms with Crippen molar-refractivity contribution in [2.45, 2.75) is 38.5 Å². The second kappa shape index (κ2) is 11.5. The molecule has 8 nitrogen and oxygen atoms in total. The van der Waals surface area contributed by atoms with Crippen LogP contribution in [-0.4, -0.2) is 91.8 Å². The molecule has 32 heavy (non-hydrogen) atoms. The van der Waals surface area contributed by atoms with Crippen molar-refractivity contribution in [2.75, 3.05) is 60.2 Å². The minimum Gasteiger partial charge on any atom is -0.481 e. The van der Waals surface area contributed by atoms with E-state index in [0.29, 0.717) is 24.6 Å². The Morgan fingerprint density at radius 3 is 2.50 bits per heavy atom. The van der Waals surface area contributed by atoms with Crippen LogP contribution in [0.5, 0.6) is 11.5 Å². The van der Waals surface area contributed by atoms with Crippen molar-refractivity contribution in [1.29, 1.82) is 0 Å². The maximum absolute atomic E-state index is 13.1. The summed E-state index contributed by atoms with van der Waals surface area (Å²) in [7, 11) is 4.12. The largest absolute Gasteiger partial charge is 0.481 e. The van der Waals surface area contributed by atoms with E-state index in [1.165, 1.54) is 0 Å². The Balaban J connectivity index is 1.62. The molecule has 1 N–H and O–H groups in total. The molecule has 0 aliphatic carbocycles. The van der Waals surface area contributed by atoms with Crippen LogP contribution in [0.3, 0.4) is 0 Å². The molecule has 2 atom stereocenters. The number of benzene rings is 1. The molecule has 0 radical (unpaired) electrons. The number of nitrogens with zero attached hydrogens (tertiary/aromatic N) is 3. The molecule has 0 aromatic heterocycles. The van der Waals surface area contributed by atoms with Crippen molar-refractivity contribution in [3.8, 4) is 11.5 Å². The highest BCUT2D eigenvalue weighted by Gasteiger charge is 2.40. The van der Waals surface area contributed by atoms with Gasteiger partial charge in [0.1, 0.15) is 0 Å². The van der Waals surface area contributed by atoms with Gasteiger partial charge in [0.2, 0.25) is 12.7 Å². The van der Waals surface area contributed by atoms with Crippen LogP contribution in [0.2, 0.25) is 0 Å². The molecule has 1 aromatic rings. The Morgan fingerprint density at radius 1 is 1.06 bits per heavy atom. The van der Waals surface area contributed by atoms with Crippen LogP contribution >= 0.6 is 0 Å². The van der Waals surface area contributed by atoms with E-state index in [1.807, 2.05) is 28.0 Å². The van der Waals surface area contributed by atoms with Crippen LogP contribution < -0.4 is 9.47 Å². The van der Waals surface area contributed by atoms with Crippen molar-refractivity contribution >= 4 is 11.9 Å². The maximum atomic E-state index is 13.1. The molecule has 2 unspecified atom stereocenters. The van der Waals surface area contributed by atoms with Gasteiger partial charge >= 0.3 is 5.97 Å². The maximum Gasteiger partial charge on any atom is 0.308 e. The van der Waals surface area contributed by atoms with E-state index in [0.717, 1.165) is 50.9 Å². The summed E-state index contributed by atoms with van der Waals surface area (Å²) in [5, 5.41) is 9.82. The molecule has 3 rings (SSSR count). The normalized spacial score (nSPS) is 20.1. The van der Waals surface area contributed by atoms with Gasteiger partial charge in [-0.1, -0.05) is 19.4 Å². The number of hydrogen-bond acceptors (Lipinski definition) is 6. The molecule has 2 aliphatic heterocycles. The molecular weight excluding hydrogens is 410 g/mol. The lowest BCUT2D eigenvalue weighted by Gasteiger charge is -2.26. The van der Waals surface area contributed by atoms with E-state index in [9.17, 15) is 14.7 Å². The highest BCUT2D eigenvalue weighted by Crippen LogP contribution is 2.39. The first-order chi connectivity index (χ1) is 15.4. The van der Waals surface area contributed by atoms with Crippen LogP contribution in [0.4, 0.5) is 0 Å².